The molecule has 0 saturated carbocycles. The van der Waals surface area contributed by atoms with Crippen molar-refractivity contribution in [2.75, 3.05) is 5.75 Å². The molecule has 0 unspecified atom stereocenters. The van der Waals surface area contributed by atoms with Crippen molar-refractivity contribution in [3.8, 4) is 16.9 Å². The maximum absolute atomic E-state index is 13.3. The van der Waals surface area contributed by atoms with Gasteiger partial charge in [-0.1, -0.05) is 48.2 Å². The Bertz CT molecular complexity index is 1040. The zero-order valence-electron chi connectivity index (χ0n) is 14.2. The number of rotatable bonds is 6. The molecule has 0 fully saturated rings. The summed E-state index contributed by atoms with van der Waals surface area (Å²) in [4.78, 5) is 17.8. The van der Waals surface area contributed by atoms with Crippen LogP contribution in [0.3, 0.4) is 0 Å². The molecular weight excluding hydrogens is 379 g/mol. The standard InChI is InChI=1S/C21H15FN2OS2/c22-16-8-10-17(11-9-16)24-13-18(15-5-2-1-3-6-15)23-21(24)27-14-19(25)20-7-4-12-26-20/h1-13H,14H2. The van der Waals surface area contributed by atoms with Gasteiger partial charge in [0.2, 0.25) is 0 Å². The molecule has 3 nitrogen and oxygen atoms in total. The number of hydrogen-bond acceptors (Lipinski definition) is 4. The van der Waals surface area contributed by atoms with Gasteiger partial charge in [0, 0.05) is 17.4 Å². The van der Waals surface area contributed by atoms with Crippen molar-refractivity contribution in [2.24, 2.45) is 0 Å². The number of thiophene rings is 1. The van der Waals surface area contributed by atoms with Gasteiger partial charge < -0.3 is 0 Å². The number of carbonyl (C=O) groups is 1. The SMILES string of the molecule is O=C(CSc1nc(-c2ccccc2)cn1-c1ccc(F)cc1)c1cccs1. The molecule has 0 saturated heterocycles. The normalized spacial score (nSPS) is 10.9. The second kappa shape index (κ2) is 7.90. The number of benzene rings is 2. The van der Waals surface area contributed by atoms with Crippen molar-refractivity contribution in [1.29, 1.82) is 0 Å². The Hall–Kier alpha value is -2.70. The van der Waals surface area contributed by atoms with Gasteiger partial charge >= 0.3 is 0 Å². The molecule has 0 amide bonds. The average Bonchev–Trinajstić information content (AvgIpc) is 3.38. The predicted molar refractivity (Wildman–Crippen MR) is 108 cm³/mol. The predicted octanol–water partition coefficient (Wildman–Crippen LogP) is 5.71. The highest BCUT2D eigenvalue weighted by Gasteiger charge is 2.15. The van der Waals surface area contributed by atoms with Crippen LogP contribution in [0.5, 0.6) is 0 Å². The zero-order chi connectivity index (χ0) is 18.6. The van der Waals surface area contributed by atoms with Crippen molar-refractivity contribution in [3.63, 3.8) is 0 Å². The van der Waals surface area contributed by atoms with E-state index in [-0.39, 0.29) is 11.6 Å². The minimum absolute atomic E-state index is 0.0740. The maximum Gasteiger partial charge on any atom is 0.183 e. The number of hydrogen-bond donors (Lipinski definition) is 0. The first kappa shape index (κ1) is 17.7. The molecule has 2 aromatic carbocycles. The monoisotopic (exact) mass is 394 g/mol. The van der Waals surface area contributed by atoms with Crippen LogP contribution in [-0.2, 0) is 0 Å². The molecule has 2 aromatic heterocycles. The first-order chi connectivity index (χ1) is 13.2. The molecule has 0 spiro atoms. The maximum atomic E-state index is 13.3. The lowest BCUT2D eigenvalue weighted by molar-refractivity contribution is 0.102. The molecule has 6 heteroatoms. The van der Waals surface area contributed by atoms with Crippen LogP contribution in [0.2, 0.25) is 0 Å². The molecule has 0 aliphatic rings. The van der Waals surface area contributed by atoms with E-state index in [4.69, 9.17) is 4.98 Å². The number of carbonyl (C=O) groups excluding carboxylic acids is 1. The van der Waals surface area contributed by atoms with Crippen molar-refractivity contribution >= 4 is 28.9 Å². The van der Waals surface area contributed by atoms with Crippen molar-refractivity contribution in [3.05, 3.63) is 89.0 Å². The van der Waals surface area contributed by atoms with Crippen molar-refractivity contribution in [1.82, 2.24) is 9.55 Å². The minimum Gasteiger partial charge on any atom is -0.294 e. The van der Waals surface area contributed by atoms with E-state index in [1.54, 1.807) is 12.1 Å². The van der Waals surface area contributed by atoms with Crippen LogP contribution in [0.4, 0.5) is 4.39 Å². The lowest BCUT2D eigenvalue weighted by Crippen LogP contribution is -2.02. The van der Waals surface area contributed by atoms with E-state index in [0.29, 0.717) is 10.9 Å². The first-order valence-electron chi connectivity index (χ1n) is 8.31. The molecule has 4 aromatic rings. The minimum atomic E-state index is -0.288. The summed E-state index contributed by atoms with van der Waals surface area (Å²) < 4.78 is 15.2. The fourth-order valence-corrected chi connectivity index (χ4v) is 4.27. The number of thioether (sulfide) groups is 1. The summed E-state index contributed by atoms with van der Waals surface area (Å²) in [7, 11) is 0. The van der Waals surface area contributed by atoms with Gasteiger partial charge in [-0.2, -0.15) is 0 Å². The Kier molecular flexibility index (Phi) is 5.18. The molecule has 0 bridgehead atoms. The van der Waals surface area contributed by atoms with E-state index in [2.05, 4.69) is 0 Å². The van der Waals surface area contributed by atoms with Crippen molar-refractivity contribution in [2.45, 2.75) is 5.16 Å². The summed E-state index contributed by atoms with van der Waals surface area (Å²) in [5, 5.41) is 2.59. The third-order valence-corrected chi connectivity index (χ3v) is 5.84. The summed E-state index contributed by atoms with van der Waals surface area (Å²) in [5.74, 6) is 0.0848. The number of aromatic nitrogens is 2. The second-order valence-electron chi connectivity index (χ2n) is 5.81. The van der Waals surface area contributed by atoms with Gasteiger partial charge in [0.1, 0.15) is 5.82 Å². The van der Waals surface area contributed by atoms with Crippen LogP contribution in [0.25, 0.3) is 16.9 Å². The molecule has 134 valence electrons. The molecule has 0 aliphatic carbocycles. The third-order valence-electron chi connectivity index (χ3n) is 3.98. The number of ketones is 1. The molecule has 0 N–H and O–H groups in total. The van der Waals surface area contributed by atoms with E-state index in [1.807, 2.05) is 58.6 Å². The lowest BCUT2D eigenvalue weighted by Gasteiger charge is -2.06. The Balaban J connectivity index is 1.66. The summed E-state index contributed by atoms with van der Waals surface area (Å²) in [6, 6.07) is 19.8. The largest absolute Gasteiger partial charge is 0.294 e. The van der Waals surface area contributed by atoms with Gasteiger partial charge in [0.05, 0.1) is 16.3 Å². The Morgan fingerprint density at radius 2 is 1.81 bits per heavy atom. The first-order valence-corrected chi connectivity index (χ1v) is 10.2. The molecule has 27 heavy (non-hydrogen) atoms. The van der Waals surface area contributed by atoms with Gasteiger partial charge in [-0.15, -0.1) is 11.3 Å². The van der Waals surface area contributed by atoms with E-state index >= 15 is 0 Å². The van der Waals surface area contributed by atoms with Gasteiger partial charge in [-0.3, -0.25) is 9.36 Å². The highest BCUT2D eigenvalue weighted by Crippen LogP contribution is 2.28. The van der Waals surface area contributed by atoms with Crippen molar-refractivity contribution < 1.29 is 9.18 Å². The highest BCUT2D eigenvalue weighted by molar-refractivity contribution is 7.99. The third kappa shape index (κ3) is 4.02. The Morgan fingerprint density at radius 3 is 2.52 bits per heavy atom. The van der Waals surface area contributed by atoms with E-state index in [0.717, 1.165) is 21.8 Å². The van der Waals surface area contributed by atoms with Gasteiger partial charge in [-0.05, 0) is 35.7 Å². The number of imidazole rings is 1. The van der Waals surface area contributed by atoms with Gasteiger partial charge in [0.15, 0.2) is 10.9 Å². The Labute approximate surface area is 164 Å². The molecule has 4 rings (SSSR count). The van der Waals surface area contributed by atoms with Crippen LogP contribution < -0.4 is 0 Å². The van der Waals surface area contributed by atoms with E-state index < -0.39 is 0 Å². The van der Waals surface area contributed by atoms with Gasteiger partial charge in [0.25, 0.3) is 0 Å². The molecule has 2 heterocycles. The Morgan fingerprint density at radius 1 is 1.04 bits per heavy atom. The molecular formula is C21H15FN2OS2. The fourth-order valence-electron chi connectivity index (χ4n) is 2.64. The highest BCUT2D eigenvalue weighted by atomic mass is 32.2. The number of halogens is 1. The molecule has 0 radical (unpaired) electrons. The van der Waals surface area contributed by atoms with Crippen LogP contribution in [0.15, 0.2) is 83.5 Å². The summed E-state index contributed by atoms with van der Waals surface area (Å²) in [5.41, 5.74) is 2.60. The van der Waals surface area contributed by atoms with Crippen LogP contribution in [0.1, 0.15) is 9.67 Å². The summed E-state index contributed by atoms with van der Waals surface area (Å²) >= 11 is 2.82. The van der Waals surface area contributed by atoms with Gasteiger partial charge in [-0.25, -0.2) is 9.37 Å². The zero-order valence-corrected chi connectivity index (χ0v) is 15.8. The molecule has 0 atom stereocenters. The lowest BCUT2D eigenvalue weighted by atomic mass is 10.2. The van der Waals surface area contributed by atoms with Crippen LogP contribution in [-0.4, -0.2) is 21.1 Å². The van der Waals surface area contributed by atoms with Crippen LogP contribution >= 0.6 is 23.1 Å². The fraction of sp³-hybridized carbons (Fsp3) is 0.0476. The number of Topliss-reactive ketones (excluding diaryl/α,β-unsaturated/α-hetero) is 1. The topological polar surface area (TPSA) is 34.9 Å². The second-order valence-corrected chi connectivity index (χ2v) is 7.70. The summed E-state index contributed by atoms with van der Waals surface area (Å²) in [6.07, 6.45) is 1.92. The van der Waals surface area contributed by atoms with E-state index in [9.17, 15) is 9.18 Å². The number of nitrogens with zero attached hydrogens (tertiary/aromatic N) is 2. The average molecular weight is 394 g/mol. The quantitative estimate of drug-likeness (QED) is 0.310. The summed E-state index contributed by atoms with van der Waals surface area (Å²) in [6.45, 7) is 0. The van der Waals surface area contributed by atoms with E-state index in [1.165, 1.54) is 35.2 Å². The smallest absolute Gasteiger partial charge is 0.183 e. The molecule has 0 aliphatic heterocycles. The van der Waals surface area contributed by atoms with Crippen LogP contribution in [0, 0.1) is 5.82 Å².